The van der Waals surface area contributed by atoms with Crippen LogP contribution in [0.15, 0.2) is 24.4 Å². The van der Waals surface area contributed by atoms with E-state index in [1.165, 1.54) is 5.56 Å². The van der Waals surface area contributed by atoms with E-state index in [1.807, 2.05) is 6.20 Å². The maximum Gasteiger partial charge on any atom is 0.163 e. The summed E-state index contributed by atoms with van der Waals surface area (Å²) in [6, 6.07) is 6.30. The Balaban J connectivity index is 2.13. The average Bonchev–Trinajstić information content (AvgIpc) is 3.02. The van der Waals surface area contributed by atoms with Gasteiger partial charge in [-0.2, -0.15) is 0 Å². The Morgan fingerprint density at radius 3 is 2.90 bits per heavy atom. The molecule has 0 radical (unpaired) electrons. The van der Waals surface area contributed by atoms with Crippen LogP contribution in [0.25, 0.3) is 22.6 Å². The summed E-state index contributed by atoms with van der Waals surface area (Å²) >= 11 is 0. The van der Waals surface area contributed by atoms with Gasteiger partial charge in [-0.25, -0.2) is 4.98 Å². The molecule has 0 atom stereocenters. The number of nitrogens with zero attached hydrogens (tertiary/aromatic N) is 5. The molecular weight excluding hydrogens is 252 g/mol. The third-order valence-electron chi connectivity index (χ3n) is 3.35. The number of aryl methyl sites for hydroxylation is 2. The third-order valence-corrected chi connectivity index (χ3v) is 3.35. The molecule has 0 aliphatic heterocycles. The van der Waals surface area contributed by atoms with Crippen LogP contribution >= 0.6 is 0 Å². The first-order valence-corrected chi connectivity index (χ1v) is 6.80. The van der Waals surface area contributed by atoms with Crippen LogP contribution in [0.4, 0.5) is 0 Å². The number of hydrogen-bond donors (Lipinski definition) is 1. The number of hydrogen-bond acceptors (Lipinski definition) is 4. The van der Waals surface area contributed by atoms with Gasteiger partial charge in [0.05, 0.1) is 23.8 Å². The normalized spacial score (nSPS) is 11.3. The van der Waals surface area contributed by atoms with Gasteiger partial charge in [-0.3, -0.25) is 4.68 Å². The highest BCUT2D eigenvalue weighted by atomic mass is 15.4. The lowest BCUT2D eigenvalue weighted by molar-refractivity contribution is 0.598. The van der Waals surface area contributed by atoms with E-state index >= 15 is 0 Å². The molecule has 0 unspecified atom stereocenters. The maximum absolute atomic E-state index is 5.53. The standard InChI is InChI=1S/C14H18N6/c1-3-20-13-5-4-10(2)8-11(13)16-14(20)12-9-19(7-6-15)18-17-12/h4-5,8-9H,3,6-7,15H2,1-2H3. The van der Waals surface area contributed by atoms with Crippen molar-refractivity contribution in [3.8, 4) is 11.5 Å². The maximum atomic E-state index is 5.53. The fourth-order valence-corrected chi connectivity index (χ4v) is 2.40. The number of fused-ring (bicyclic) bond motifs is 1. The largest absolute Gasteiger partial charge is 0.329 e. The van der Waals surface area contributed by atoms with Crippen molar-refractivity contribution in [1.29, 1.82) is 0 Å². The van der Waals surface area contributed by atoms with Crippen molar-refractivity contribution in [3.05, 3.63) is 30.0 Å². The first kappa shape index (κ1) is 12.8. The molecule has 3 aromatic rings. The lowest BCUT2D eigenvalue weighted by Crippen LogP contribution is -2.10. The molecule has 0 amide bonds. The highest BCUT2D eigenvalue weighted by molar-refractivity contribution is 5.80. The Morgan fingerprint density at radius 2 is 2.15 bits per heavy atom. The van der Waals surface area contributed by atoms with Gasteiger partial charge in [-0.15, -0.1) is 5.10 Å². The molecule has 0 aliphatic rings. The Labute approximate surface area is 117 Å². The van der Waals surface area contributed by atoms with Crippen LogP contribution in [0, 0.1) is 6.92 Å². The molecule has 6 heteroatoms. The van der Waals surface area contributed by atoms with Crippen molar-refractivity contribution in [2.45, 2.75) is 26.9 Å². The van der Waals surface area contributed by atoms with E-state index < -0.39 is 0 Å². The zero-order chi connectivity index (χ0) is 14.1. The molecule has 6 nitrogen and oxygen atoms in total. The van der Waals surface area contributed by atoms with E-state index in [0.29, 0.717) is 13.1 Å². The van der Waals surface area contributed by atoms with Crippen molar-refractivity contribution in [3.63, 3.8) is 0 Å². The van der Waals surface area contributed by atoms with Crippen molar-refractivity contribution in [2.24, 2.45) is 5.73 Å². The summed E-state index contributed by atoms with van der Waals surface area (Å²) in [5.74, 6) is 0.858. The predicted octanol–water partition coefficient (Wildman–Crippen LogP) is 1.58. The topological polar surface area (TPSA) is 74.5 Å². The molecular formula is C14H18N6. The molecule has 3 rings (SSSR count). The molecule has 0 bridgehead atoms. The second-order valence-corrected chi connectivity index (χ2v) is 4.83. The molecule has 1 aromatic carbocycles. The summed E-state index contributed by atoms with van der Waals surface area (Å²) in [5, 5.41) is 8.28. The number of benzene rings is 1. The lowest BCUT2D eigenvalue weighted by atomic mass is 10.2. The van der Waals surface area contributed by atoms with Crippen LogP contribution in [0.5, 0.6) is 0 Å². The Morgan fingerprint density at radius 1 is 1.30 bits per heavy atom. The van der Waals surface area contributed by atoms with Gasteiger partial charge in [0.15, 0.2) is 5.82 Å². The van der Waals surface area contributed by atoms with Gasteiger partial charge in [-0.05, 0) is 31.5 Å². The summed E-state index contributed by atoms with van der Waals surface area (Å²) in [6.45, 7) is 6.24. The number of rotatable bonds is 4. The molecule has 104 valence electrons. The van der Waals surface area contributed by atoms with Crippen LogP contribution in [-0.2, 0) is 13.1 Å². The Bertz CT molecular complexity index is 739. The fourth-order valence-electron chi connectivity index (χ4n) is 2.40. The minimum atomic E-state index is 0.548. The summed E-state index contributed by atoms with van der Waals surface area (Å²) in [7, 11) is 0. The number of aromatic nitrogens is 5. The molecule has 2 aromatic heterocycles. The van der Waals surface area contributed by atoms with Crippen molar-refractivity contribution in [2.75, 3.05) is 6.54 Å². The molecule has 2 N–H and O–H groups in total. The van der Waals surface area contributed by atoms with Crippen LogP contribution in [0.3, 0.4) is 0 Å². The van der Waals surface area contributed by atoms with Crippen LogP contribution in [0.2, 0.25) is 0 Å². The zero-order valence-corrected chi connectivity index (χ0v) is 11.7. The van der Waals surface area contributed by atoms with Gasteiger partial charge in [0.2, 0.25) is 0 Å². The lowest BCUT2D eigenvalue weighted by Gasteiger charge is -2.03. The van der Waals surface area contributed by atoms with Gasteiger partial charge in [0.25, 0.3) is 0 Å². The van der Waals surface area contributed by atoms with Crippen LogP contribution in [-0.4, -0.2) is 31.1 Å². The summed E-state index contributed by atoms with van der Waals surface area (Å²) in [5.41, 5.74) is 9.65. The minimum Gasteiger partial charge on any atom is -0.329 e. The first-order chi connectivity index (χ1) is 9.72. The predicted molar refractivity (Wildman–Crippen MR) is 78.2 cm³/mol. The van der Waals surface area contributed by atoms with Crippen molar-refractivity contribution >= 4 is 11.0 Å². The average molecular weight is 270 g/mol. The smallest absolute Gasteiger partial charge is 0.163 e. The zero-order valence-electron chi connectivity index (χ0n) is 11.7. The molecule has 20 heavy (non-hydrogen) atoms. The molecule has 0 saturated carbocycles. The first-order valence-electron chi connectivity index (χ1n) is 6.80. The second kappa shape index (κ2) is 5.05. The van der Waals surface area contributed by atoms with Crippen LogP contribution < -0.4 is 5.73 Å². The van der Waals surface area contributed by atoms with E-state index in [9.17, 15) is 0 Å². The number of imidazole rings is 1. The molecule has 2 heterocycles. The van der Waals surface area contributed by atoms with Crippen molar-refractivity contribution in [1.82, 2.24) is 24.5 Å². The highest BCUT2D eigenvalue weighted by Crippen LogP contribution is 2.23. The van der Waals surface area contributed by atoms with E-state index in [-0.39, 0.29) is 0 Å². The Hall–Kier alpha value is -2.21. The van der Waals surface area contributed by atoms with Gasteiger partial charge >= 0.3 is 0 Å². The Kier molecular flexibility index (Phi) is 3.23. The highest BCUT2D eigenvalue weighted by Gasteiger charge is 2.14. The monoisotopic (exact) mass is 270 g/mol. The van der Waals surface area contributed by atoms with E-state index in [1.54, 1.807) is 4.68 Å². The SMILES string of the molecule is CCn1c(-c2cn(CCN)nn2)nc2cc(C)ccc21. The molecule has 0 fully saturated rings. The van der Waals surface area contributed by atoms with Gasteiger partial charge in [-0.1, -0.05) is 11.3 Å². The van der Waals surface area contributed by atoms with E-state index in [2.05, 4.69) is 46.9 Å². The summed E-state index contributed by atoms with van der Waals surface area (Å²) in [6.07, 6.45) is 1.90. The van der Waals surface area contributed by atoms with E-state index in [0.717, 1.165) is 29.1 Å². The van der Waals surface area contributed by atoms with Gasteiger partial charge in [0, 0.05) is 13.1 Å². The summed E-state index contributed by atoms with van der Waals surface area (Å²) < 4.78 is 3.91. The van der Waals surface area contributed by atoms with Crippen molar-refractivity contribution < 1.29 is 0 Å². The molecule has 0 spiro atoms. The minimum absolute atomic E-state index is 0.548. The molecule has 0 aliphatic carbocycles. The van der Waals surface area contributed by atoms with Gasteiger partial charge < -0.3 is 10.3 Å². The van der Waals surface area contributed by atoms with Crippen LogP contribution in [0.1, 0.15) is 12.5 Å². The van der Waals surface area contributed by atoms with Gasteiger partial charge in [0.1, 0.15) is 5.69 Å². The number of nitrogens with two attached hydrogens (primary N) is 1. The summed E-state index contributed by atoms with van der Waals surface area (Å²) in [4.78, 5) is 4.70. The molecule has 0 saturated heterocycles. The van der Waals surface area contributed by atoms with E-state index in [4.69, 9.17) is 10.7 Å². The fraction of sp³-hybridized carbons (Fsp3) is 0.357. The second-order valence-electron chi connectivity index (χ2n) is 4.83. The third kappa shape index (κ3) is 2.08. The quantitative estimate of drug-likeness (QED) is 0.781.